The Labute approximate surface area is 136 Å². The summed E-state index contributed by atoms with van der Waals surface area (Å²) in [5.41, 5.74) is 1.13. The highest BCUT2D eigenvalue weighted by molar-refractivity contribution is 8.01. The Kier molecular flexibility index (Phi) is 7.54. The van der Waals surface area contributed by atoms with Crippen molar-refractivity contribution in [1.29, 1.82) is 0 Å². The van der Waals surface area contributed by atoms with Gasteiger partial charge in [-0.2, -0.15) is 0 Å². The zero-order chi connectivity index (χ0) is 14.9. The summed E-state index contributed by atoms with van der Waals surface area (Å²) in [7, 11) is 0. The van der Waals surface area contributed by atoms with Crippen molar-refractivity contribution in [3.05, 3.63) is 24.3 Å². The van der Waals surface area contributed by atoms with Gasteiger partial charge in [0.15, 0.2) is 4.34 Å². The van der Waals surface area contributed by atoms with E-state index in [1.54, 1.807) is 11.3 Å². The molecule has 4 heteroatoms. The molecule has 0 saturated heterocycles. The van der Waals surface area contributed by atoms with Crippen molar-refractivity contribution in [1.82, 2.24) is 4.98 Å². The molecule has 116 valence electrons. The van der Waals surface area contributed by atoms with Crippen molar-refractivity contribution in [3.8, 4) is 0 Å². The second kappa shape index (κ2) is 9.44. The number of aliphatic hydroxyl groups excluding tert-OH is 1. The van der Waals surface area contributed by atoms with Gasteiger partial charge in [-0.05, 0) is 31.9 Å². The summed E-state index contributed by atoms with van der Waals surface area (Å²) in [6.45, 7) is 1.87. The van der Waals surface area contributed by atoms with Crippen LogP contribution in [0.15, 0.2) is 28.6 Å². The Bertz CT molecular complexity index is 491. The molecule has 1 aromatic heterocycles. The lowest BCUT2D eigenvalue weighted by molar-refractivity contribution is 0.180. The standard InChI is InChI=1S/C17H25NOS2/c1-14(19)10-6-4-2-3-5-9-13-20-17-18-15-11-7-8-12-16(15)21-17/h7-8,11-12,14,19H,2-6,9-10,13H2,1H3. The third-order valence-electron chi connectivity index (χ3n) is 3.52. The lowest BCUT2D eigenvalue weighted by Gasteiger charge is -2.03. The number of aliphatic hydroxyl groups is 1. The fourth-order valence-corrected chi connectivity index (χ4v) is 4.46. The highest BCUT2D eigenvalue weighted by atomic mass is 32.2. The lowest BCUT2D eigenvalue weighted by atomic mass is 10.1. The van der Waals surface area contributed by atoms with Gasteiger partial charge in [-0.3, -0.25) is 0 Å². The summed E-state index contributed by atoms with van der Waals surface area (Å²) in [6.07, 6.45) is 8.46. The van der Waals surface area contributed by atoms with Crippen molar-refractivity contribution < 1.29 is 5.11 Å². The highest BCUT2D eigenvalue weighted by Gasteiger charge is 2.03. The molecule has 1 N–H and O–H groups in total. The van der Waals surface area contributed by atoms with E-state index in [0.29, 0.717) is 0 Å². The predicted molar refractivity (Wildman–Crippen MR) is 94.3 cm³/mol. The van der Waals surface area contributed by atoms with E-state index in [-0.39, 0.29) is 6.10 Å². The summed E-state index contributed by atoms with van der Waals surface area (Å²) < 4.78 is 2.49. The number of unbranched alkanes of at least 4 members (excludes halogenated alkanes) is 5. The summed E-state index contributed by atoms with van der Waals surface area (Å²) in [5.74, 6) is 1.17. The first-order valence-electron chi connectivity index (χ1n) is 7.92. The average Bonchev–Trinajstić information content (AvgIpc) is 2.88. The Balaban J connectivity index is 1.52. The Morgan fingerprint density at radius 3 is 2.57 bits per heavy atom. The number of thiazole rings is 1. The first-order chi connectivity index (χ1) is 10.3. The van der Waals surface area contributed by atoms with Crippen LogP contribution in [-0.4, -0.2) is 21.9 Å². The second-order valence-electron chi connectivity index (χ2n) is 5.55. The second-order valence-corrected chi connectivity index (χ2v) is 7.93. The zero-order valence-corrected chi connectivity index (χ0v) is 14.4. The summed E-state index contributed by atoms with van der Waals surface area (Å²) in [5, 5.41) is 9.18. The van der Waals surface area contributed by atoms with Crippen LogP contribution in [0.25, 0.3) is 10.2 Å². The third-order valence-corrected chi connectivity index (χ3v) is 5.78. The SMILES string of the molecule is CC(O)CCCCCCCCSc1nc2ccccc2s1. The predicted octanol–water partition coefficient (Wildman–Crippen LogP) is 5.50. The van der Waals surface area contributed by atoms with Crippen LogP contribution in [-0.2, 0) is 0 Å². The number of thioether (sulfide) groups is 1. The minimum absolute atomic E-state index is 0.129. The van der Waals surface area contributed by atoms with Gasteiger partial charge in [0.1, 0.15) is 0 Å². The maximum atomic E-state index is 9.18. The third kappa shape index (κ3) is 6.37. The van der Waals surface area contributed by atoms with Crippen LogP contribution in [0.4, 0.5) is 0 Å². The summed E-state index contributed by atoms with van der Waals surface area (Å²) in [6, 6.07) is 8.36. The minimum Gasteiger partial charge on any atom is -0.393 e. The van der Waals surface area contributed by atoms with Crippen LogP contribution < -0.4 is 0 Å². The van der Waals surface area contributed by atoms with Crippen molar-refractivity contribution in [3.63, 3.8) is 0 Å². The van der Waals surface area contributed by atoms with Gasteiger partial charge in [0.2, 0.25) is 0 Å². The molecule has 1 heterocycles. The number of hydrogen-bond donors (Lipinski definition) is 1. The normalized spacial score (nSPS) is 12.9. The van der Waals surface area contributed by atoms with E-state index < -0.39 is 0 Å². The van der Waals surface area contributed by atoms with E-state index >= 15 is 0 Å². The molecule has 0 spiro atoms. The van der Waals surface area contributed by atoms with E-state index in [1.165, 1.54) is 46.9 Å². The van der Waals surface area contributed by atoms with Gasteiger partial charge in [0.25, 0.3) is 0 Å². The van der Waals surface area contributed by atoms with Crippen LogP contribution in [0.3, 0.4) is 0 Å². The molecule has 2 aromatic rings. The van der Waals surface area contributed by atoms with E-state index in [4.69, 9.17) is 0 Å². The average molecular weight is 324 g/mol. The van der Waals surface area contributed by atoms with Crippen LogP contribution in [0, 0.1) is 0 Å². The van der Waals surface area contributed by atoms with Crippen molar-refractivity contribution in [2.75, 3.05) is 5.75 Å². The molecule has 0 bridgehead atoms. The van der Waals surface area contributed by atoms with Crippen molar-refractivity contribution in [2.45, 2.75) is 62.3 Å². The molecule has 0 aliphatic heterocycles. The molecule has 2 nitrogen and oxygen atoms in total. The lowest BCUT2D eigenvalue weighted by Crippen LogP contribution is -1.98. The molecule has 0 aliphatic carbocycles. The van der Waals surface area contributed by atoms with Gasteiger partial charge >= 0.3 is 0 Å². The Hall–Kier alpha value is -0.580. The van der Waals surface area contributed by atoms with Gasteiger partial charge in [-0.1, -0.05) is 56.0 Å². The number of benzene rings is 1. The quantitative estimate of drug-likeness (QED) is 0.463. The van der Waals surface area contributed by atoms with Crippen molar-refractivity contribution >= 4 is 33.3 Å². The number of fused-ring (bicyclic) bond motifs is 1. The molecule has 1 atom stereocenters. The largest absolute Gasteiger partial charge is 0.393 e. The van der Waals surface area contributed by atoms with E-state index in [9.17, 15) is 5.11 Å². The minimum atomic E-state index is -0.129. The van der Waals surface area contributed by atoms with Crippen LogP contribution in [0.1, 0.15) is 51.9 Å². The van der Waals surface area contributed by atoms with Gasteiger partial charge < -0.3 is 5.11 Å². The van der Waals surface area contributed by atoms with Gasteiger partial charge in [0, 0.05) is 5.75 Å². The fourth-order valence-electron chi connectivity index (χ4n) is 2.32. The van der Waals surface area contributed by atoms with Gasteiger partial charge in [-0.25, -0.2) is 4.98 Å². The van der Waals surface area contributed by atoms with E-state index in [1.807, 2.05) is 24.8 Å². The first-order valence-corrected chi connectivity index (χ1v) is 9.72. The molecule has 2 rings (SSSR count). The summed E-state index contributed by atoms with van der Waals surface area (Å²) >= 11 is 3.70. The molecule has 0 fully saturated rings. The molecule has 1 unspecified atom stereocenters. The molecule has 0 radical (unpaired) electrons. The molecule has 0 saturated carbocycles. The maximum absolute atomic E-state index is 9.18. The number of aromatic nitrogens is 1. The number of para-hydroxylation sites is 1. The number of rotatable bonds is 10. The Morgan fingerprint density at radius 1 is 1.10 bits per heavy atom. The van der Waals surface area contributed by atoms with Gasteiger partial charge in [-0.15, -0.1) is 11.3 Å². The van der Waals surface area contributed by atoms with Crippen molar-refractivity contribution in [2.24, 2.45) is 0 Å². The van der Waals surface area contributed by atoms with Crippen LogP contribution in [0.2, 0.25) is 0 Å². The summed E-state index contributed by atoms with van der Waals surface area (Å²) in [4.78, 5) is 4.65. The first kappa shape index (κ1) is 16.8. The monoisotopic (exact) mass is 323 g/mol. The smallest absolute Gasteiger partial charge is 0.151 e. The zero-order valence-electron chi connectivity index (χ0n) is 12.8. The molecule has 0 amide bonds. The molecule has 21 heavy (non-hydrogen) atoms. The van der Waals surface area contributed by atoms with E-state index in [2.05, 4.69) is 23.2 Å². The number of hydrogen-bond acceptors (Lipinski definition) is 4. The Morgan fingerprint density at radius 2 is 1.81 bits per heavy atom. The maximum Gasteiger partial charge on any atom is 0.151 e. The molecular formula is C17H25NOS2. The highest BCUT2D eigenvalue weighted by Crippen LogP contribution is 2.29. The fraction of sp³-hybridized carbons (Fsp3) is 0.588. The topological polar surface area (TPSA) is 33.1 Å². The molecule has 1 aromatic carbocycles. The molecule has 0 aliphatic rings. The van der Waals surface area contributed by atoms with Crippen LogP contribution in [0.5, 0.6) is 0 Å². The van der Waals surface area contributed by atoms with E-state index in [0.717, 1.165) is 18.4 Å². The van der Waals surface area contributed by atoms with Gasteiger partial charge in [0.05, 0.1) is 16.3 Å². The number of nitrogens with zero attached hydrogens (tertiary/aromatic N) is 1. The van der Waals surface area contributed by atoms with Crippen LogP contribution >= 0.6 is 23.1 Å². The molecular weight excluding hydrogens is 298 g/mol.